The van der Waals surface area contributed by atoms with E-state index in [1.807, 2.05) is 10.3 Å². The molecule has 1 fully saturated rings. The summed E-state index contributed by atoms with van der Waals surface area (Å²) in [4.78, 5) is 17.4. The van der Waals surface area contributed by atoms with Crippen molar-refractivity contribution in [2.24, 2.45) is 5.92 Å². The summed E-state index contributed by atoms with van der Waals surface area (Å²) in [6, 6.07) is -0.340. The molecule has 4 nitrogen and oxygen atoms in total. The average Bonchev–Trinajstić information content (AvgIpc) is 2.73. The Kier molecular flexibility index (Phi) is 3.56. The Labute approximate surface area is 98.9 Å². The Morgan fingerprint density at radius 1 is 1.75 bits per heavy atom. The summed E-state index contributed by atoms with van der Waals surface area (Å²) in [5.74, 6) is -0.197. The van der Waals surface area contributed by atoms with Crippen LogP contribution in [-0.2, 0) is 11.3 Å². The molecule has 1 aliphatic heterocycles. The maximum atomic E-state index is 11.2. The van der Waals surface area contributed by atoms with Crippen molar-refractivity contribution in [3.8, 4) is 0 Å². The zero-order valence-corrected chi connectivity index (χ0v) is 10.1. The number of thiazole rings is 1. The number of carboxylic acids is 1. The van der Waals surface area contributed by atoms with E-state index in [9.17, 15) is 9.90 Å². The zero-order valence-electron chi connectivity index (χ0n) is 9.30. The highest BCUT2D eigenvalue weighted by molar-refractivity contribution is 7.09. The van der Waals surface area contributed by atoms with E-state index in [1.54, 1.807) is 17.5 Å². The summed E-state index contributed by atoms with van der Waals surface area (Å²) < 4.78 is 0. The van der Waals surface area contributed by atoms with E-state index in [-0.39, 0.29) is 6.04 Å². The van der Waals surface area contributed by atoms with E-state index in [0.29, 0.717) is 12.5 Å². The Morgan fingerprint density at radius 3 is 3.19 bits per heavy atom. The number of rotatable bonds is 3. The first-order valence-electron chi connectivity index (χ1n) is 5.52. The quantitative estimate of drug-likeness (QED) is 0.875. The van der Waals surface area contributed by atoms with Crippen molar-refractivity contribution in [3.63, 3.8) is 0 Å². The molecule has 0 saturated carbocycles. The number of hydrogen-bond acceptors (Lipinski definition) is 4. The standard InChI is InChI=1S/C11H16N2O2S/c1-8-2-4-13(9(6-8)11(14)15)7-10-12-3-5-16-10/h3,5,8-9H,2,4,6-7H2,1H3,(H,14,15). The first-order chi connectivity index (χ1) is 7.66. The van der Waals surface area contributed by atoms with Gasteiger partial charge in [0.05, 0.1) is 6.54 Å². The molecular formula is C11H16N2O2S. The molecule has 88 valence electrons. The third-order valence-corrected chi connectivity index (χ3v) is 3.85. The molecule has 2 rings (SSSR count). The molecule has 1 aromatic rings. The summed E-state index contributed by atoms with van der Waals surface area (Å²) in [5, 5.41) is 12.1. The molecule has 0 amide bonds. The van der Waals surface area contributed by atoms with Gasteiger partial charge in [0, 0.05) is 11.6 Å². The minimum Gasteiger partial charge on any atom is -0.480 e. The number of nitrogens with zero attached hydrogens (tertiary/aromatic N) is 2. The molecule has 0 aliphatic carbocycles. The van der Waals surface area contributed by atoms with Crippen LogP contribution in [0.5, 0.6) is 0 Å². The lowest BCUT2D eigenvalue weighted by molar-refractivity contribution is -0.145. The van der Waals surface area contributed by atoms with Crippen LogP contribution in [0.4, 0.5) is 0 Å². The number of aliphatic carboxylic acids is 1. The highest BCUT2D eigenvalue weighted by atomic mass is 32.1. The second-order valence-corrected chi connectivity index (χ2v) is 5.36. The van der Waals surface area contributed by atoms with Crippen molar-refractivity contribution in [3.05, 3.63) is 16.6 Å². The van der Waals surface area contributed by atoms with E-state index in [0.717, 1.165) is 24.4 Å². The van der Waals surface area contributed by atoms with Crippen LogP contribution < -0.4 is 0 Å². The van der Waals surface area contributed by atoms with Crippen LogP contribution in [0.2, 0.25) is 0 Å². The first-order valence-corrected chi connectivity index (χ1v) is 6.40. The Morgan fingerprint density at radius 2 is 2.56 bits per heavy atom. The molecule has 0 radical (unpaired) electrons. The van der Waals surface area contributed by atoms with Crippen LogP contribution in [0.1, 0.15) is 24.8 Å². The molecule has 0 bridgehead atoms. The topological polar surface area (TPSA) is 53.4 Å². The van der Waals surface area contributed by atoms with E-state index in [1.165, 1.54) is 0 Å². The Balaban J connectivity index is 2.04. The maximum absolute atomic E-state index is 11.2. The molecule has 0 spiro atoms. The lowest BCUT2D eigenvalue weighted by Crippen LogP contribution is -2.46. The molecule has 2 atom stereocenters. The molecule has 0 aromatic carbocycles. The van der Waals surface area contributed by atoms with E-state index in [2.05, 4.69) is 11.9 Å². The molecule has 16 heavy (non-hydrogen) atoms. The number of carbonyl (C=O) groups is 1. The molecule has 1 N–H and O–H groups in total. The maximum Gasteiger partial charge on any atom is 0.320 e. The average molecular weight is 240 g/mol. The number of piperidine rings is 1. The van der Waals surface area contributed by atoms with Gasteiger partial charge in [0.25, 0.3) is 0 Å². The molecular weight excluding hydrogens is 224 g/mol. The lowest BCUT2D eigenvalue weighted by atomic mass is 9.92. The molecule has 1 aliphatic rings. The highest BCUT2D eigenvalue weighted by Gasteiger charge is 2.31. The van der Waals surface area contributed by atoms with Gasteiger partial charge in [-0.05, 0) is 25.3 Å². The fraction of sp³-hybridized carbons (Fsp3) is 0.636. The van der Waals surface area contributed by atoms with Crippen LogP contribution in [0, 0.1) is 5.92 Å². The van der Waals surface area contributed by atoms with Crippen molar-refractivity contribution < 1.29 is 9.90 Å². The second-order valence-electron chi connectivity index (χ2n) is 4.38. The monoisotopic (exact) mass is 240 g/mol. The Bertz CT molecular complexity index is 353. The largest absolute Gasteiger partial charge is 0.480 e. The first kappa shape index (κ1) is 11.5. The second kappa shape index (κ2) is 4.93. The summed E-state index contributed by atoms with van der Waals surface area (Å²) in [7, 11) is 0. The van der Waals surface area contributed by atoms with Gasteiger partial charge < -0.3 is 5.11 Å². The number of hydrogen-bond donors (Lipinski definition) is 1. The Hall–Kier alpha value is -0.940. The molecule has 2 heterocycles. The third-order valence-electron chi connectivity index (χ3n) is 3.08. The van der Waals surface area contributed by atoms with E-state index >= 15 is 0 Å². The van der Waals surface area contributed by atoms with Crippen molar-refractivity contribution in [2.75, 3.05) is 6.54 Å². The van der Waals surface area contributed by atoms with Gasteiger partial charge in [0.2, 0.25) is 0 Å². The van der Waals surface area contributed by atoms with Crippen LogP contribution >= 0.6 is 11.3 Å². The van der Waals surface area contributed by atoms with Gasteiger partial charge in [-0.1, -0.05) is 6.92 Å². The predicted molar refractivity (Wildman–Crippen MR) is 62.3 cm³/mol. The van der Waals surface area contributed by atoms with Gasteiger partial charge in [-0.3, -0.25) is 9.69 Å². The van der Waals surface area contributed by atoms with Gasteiger partial charge in [-0.15, -0.1) is 11.3 Å². The fourth-order valence-corrected chi connectivity index (χ4v) is 2.78. The lowest BCUT2D eigenvalue weighted by Gasteiger charge is -2.35. The van der Waals surface area contributed by atoms with Crippen molar-refractivity contribution in [2.45, 2.75) is 32.4 Å². The molecule has 1 saturated heterocycles. The van der Waals surface area contributed by atoms with Crippen molar-refractivity contribution in [1.29, 1.82) is 0 Å². The normalized spacial score (nSPS) is 26.8. The minimum atomic E-state index is -0.705. The van der Waals surface area contributed by atoms with Crippen LogP contribution in [0.25, 0.3) is 0 Å². The van der Waals surface area contributed by atoms with E-state index < -0.39 is 5.97 Å². The van der Waals surface area contributed by atoms with Gasteiger partial charge in [0.1, 0.15) is 11.0 Å². The zero-order chi connectivity index (χ0) is 11.5. The summed E-state index contributed by atoms with van der Waals surface area (Å²) in [6.07, 6.45) is 3.60. The van der Waals surface area contributed by atoms with Gasteiger partial charge in [0.15, 0.2) is 0 Å². The SMILES string of the molecule is CC1CCN(Cc2nccs2)C(C(=O)O)C1. The number of aromatic nitrogens is 1. The smallest absolute Gasteiger partial charge is 0.320 e. The fourth-order valence-electron chi connectivity index (χ4n) is 2.14. The van der Waals surface area contributed by atoms with Gasteiger partial charge in [-0.2, -0.15) is 0 Å². The van der Waals surface area contributed by atoms with Crippen molar-refractivity contribution >= 4 is 17.3 Å². The molecule has 2 unspecified atom stereocenters. The third kappa shape index (κ3) is 2.59. The van der Waals surface area contributed by atoms with Crippen molar-refractivity contribution in [1.82, 2.24) is 9.88 Å². The van der Waals surface area contributed by atoms with E-state index in [4.69, 9.17) is 0 Å². The molecule has 1 aromatic heterocycles. The summed E-state index contributed by atoms with van der Waals surface area (Å²) >= 11 is 1.59. The minimum absolute atomic E-state index is 0.340. The predicted octanol–water partition coefficient (Wildman–Crippen LogP) is 1.83. The number of likely N-dealkylation sites (tertiary alicyclic amines) is 1. The molecule has 5 heteroatoms. The van der Waals surface area contributed by atoms with Crippen LogP contribution in [-0.4, -0.2) is 33.5 Å². The summed E-state index contributed by atoms with van der Waals surface area (Å²) in [6.45, 7) is 3.65. The summed E-state index contributed by atoms with van der Waals surface area (Å²) in [5.41, 5.74) is 0. The van der Waals surface area contributed by atoms with Gasteiger partial charge >= 0.3 is 5.97 Å². The number of carboxylic acid groups (broad SMARTS) is 1. The van der Waals surface area contributed by atoms with Crippen LogP contribution in [0.15, 0.2) is 11.6 Å². The van der Waals surface area contributed by atoms with Crippen LogP contribution in [0.3, 0.4) is 0 Å². The van der Waals surface area contributed by atoms with Gasteiger partial charge in [-0.25, -0.2) is 4.98 Å². The highest BCUT2D eigenvalue weighted by Crippen LogP contribution is 2.24.